The lowest BCUT2D eigenvalue weighted by molar-refractivity contribution is -0.139. The number of aromatic nitrogens is 2. The summed E-state index contributed by atoms with van der Waals surface area (Å²) in [4.78, 5) is 19.3. The van der Waals surface area contributed by atoms with Crippen LogP contribution in [-0.2, 0) is 26.6 Å². The fourth-order valence-electron chi connectivity index (χ4n) is 3.69. The minimum absolute atomic E-state index is 0.0499. The highest BCUT2D eigenvalue weighted by atomic mass is 32.2. The van der Waals surface area contributed by atoms with Crippen molar-refractivity contribution in [1.29, 1.82) is 0 Å². The number of furan rings is 1. The lowest BCUT2D eigenvalue weighted by Crippen LogP contribution is -2.45. The predicted molar refractivity (Wildman–Crippen MR) is 94.3 cm³/mol. The van der Waals surface area contributed by atoms with Crippen LogP contribution in [0.25, 0.3) is 0 Å². The van der Waals surface area contributed by atoms with E-state index in [1.165, 1.54) is 22.7 Å². The largest absolute Gasteiger partial charge is 0.452 e. The highest BCUT2D eigenvalue weighted by Gasteiger charge is 2.46. The number of carbonyl (C=O) groups is 1. The van der Waals surface area contributed by atoms with Crippen LogP contribution in [0.15, 0.2) is 40.4 Å². The van der Waals surface area contributed by atoms with Crippen LogP contribution in [0.1, 0.15) is 11.6 Å². The van der Waals surface area contributed by atoms with Crippen molar-refractivity contribution in [3.8, 4) is 0 Å². The van der Waals surface area contributed by atoms with E-state index in [-0.39, 0.29) is 30.0 Å². The van der Waals surface area contributed by atoms with E-state index < -0.39 is 15.9 Å². The molecule has 146 valence electrons. The summed E-state index contributed by atoms with van der Waals surface area (Å²) >= 11 is 0. The molecule has 2 aromatic rings. The van der Waals surface area contributed by atoms with Crippen LogP contribution in [0.5, 0.6) is 0 Å². The Balaban J connectivity index is 1.63. The Kier molecular flexibility index (Phi) is 4.79. The second kappa shape index (κ2) is 7.10. The number of hydrogen-bond acceptors (Lipinski definition) is 6. The maximum atomic E-state index is 13.1. The molecule has 4 heterocycles. The van der Waals surface area contributed by atoms with Gasteiger partial charge in [-0.05, 0) is 12.1 Å². The number of ether oxygens (including phenoxy) is 1. The number of sulfonamides is 1. The van der Waals surface area contributed by atoms with Crippen molar-refractivity contribution in [2.24, 2.45) is 13.0 Å². The van der Waals surface area contributed by atoms with Crippen molar-refractivity contribution in [2.75, 3.05) is 39.4 Å². The second-order valence-electron chi connectivity index (χ2n) is 6.87. The molecule has 0 spiro atoms. The molecule has 2 fully saturated rings. The highest BCUT2D eigenvalue weighted by molar-refractivity contribution is 7.89. The van der Waals surface area contributed by atoms with E-state index in [9.17, 15) is 13.2 Å². The zero-order valence-electron chi connectivity index (χ0n) is 15.0. The molecule has 4 rings (SSSR count). The number of carbonyl (C=O) groups excluding carboxylic acids is 1. The molecule has 0 unspecified atom stereocenters. The summed E-state index contributed by atoms with van der Waals surface area (Å²) in [6.07, 6.45) is 4.83. The first-order valence-corrected chi connectivity index (χ1v) is 10.3. The first-order chi connectivity index (χ1) is 13.0. The van der Waals surface area contributed by atoms with Gasteiger partial charge in [-0.25, -0.2) is 13.4 Å². The number of amides is 1. The lowest BCUT2D eigenvalue weighted by atomic mass is 9.92. The van der Waals surface area contributed by atoms with Crippen LogP contribution in [0.2, 0.25) is 0 Å². The molecule has 0 N–H and O–H groups in total. The van der Waals surface area contributed by atoms with Crippen LogP contribution >= 0.6 is 0 Å². The topological polar surface area (TPSA) is 97.9 Å². The number of aryl methyl sites for hydroxylation is 1. The summed E-state index contributed by atoms with van der Waals surface area (Å²) in [5, 5.41) is -0.109. The van der Waals surface area contributed by atoms with E-state index in [4.69, 9.17) is 9.15 Å². The van der Waals surface area contributed by atoms with E-state index in [0.717, 1.165) is 5.69 Å². The van der Waals surface area contributed by atoms with Gasteiger partial charge in [0.2, 0.25) is 11.0 Å². The number of rotatable bonds is 4. The molecule has 2 saturated heterocycles. The Bertz CT molecular complexity index is 902. The number of nitrogens with zero attached hydrogens (tertiary/aromatic N) is 4. The third-order valence-electron chi connectivity index (χ3n) is 5.12. The zero-order valence-corrected chi connectivity index (χ0v) is 15.8. The Labute approximate surface area is 157 Å². The van der Waals surface area contributed by atoms with Crippen molar-refractivity contribution in [3.05, 3.63) is 36.6 Å². The summed E-state index contributed by atoms with van der Waals surface area (Å²) in [5.74, 6) is -0.833. The fourth-order valence-corrected chi connectivity index (χ4v) is 5.09. The molecule has 10 heteroatoms. The van der Waals surface area contributed by atoms with Gasteiger partial charge < -0.3 is 18.6 Å². The van der Waals surface area contributed by atoms with Gasteiger partial charge in [-0.3, -0.25) is 4.79 Å². The highest BCUT2D eigenvalue weighted by Crippen LogP contribution is 2.36. The number of hydrogen-bond donors (Lipinski definition) is 0. The molecule has 0 radical (unpaired) electrons. The minimum atomic E-state index is -3.79. The molecule has 1 amide bonds. The molecular weight excluding hydrogens is 372 g/mol. The molecule has 2 atom stereocenters. The van der Waals surface area contributed by atoms with E-state index in [1.54, 1.807) is 15.8 Å². The van der Waals surface area contributed by atoms with Crippen LogP contribution in [0.4, 0.5) is 0 Å². The molecule has 2 aromatic heterocycles. The van der Waals surface area contributed by atoms with Crippen molar-refractivity contribution in [2.45, 2.75) is 11.0 Å². The Morgan fingerprint density at radius 3 is 2.67 bits per heavy atom. The van der Waals surface area contributed by atoms with E-state index in [0.29, 0.717) is 26.3 Å². The SMILES string of the molecule is Cn1cnc([C@@H]2CN(S(=O)(=O)c3ccco3)C[C@H]2C(=O)N2CCOCC2)c1. The minimum Gasteiger partial charge on any atom is -0.452 e. The van der Waals surface area contributed by atoms with Crippen LogP contribution < -0.4 is 0 Å². The third-order valence-corrected chi connectivity index (χ3v) is 6.84. The Hall–Kier alpha value is -2.17. The number of imidazole rings is 1. The molecule has 0 aromatic carbocycles. The van der Waals surface area contributed by atoms with Crippen molar-refractivity contribution >= 4 is 15.9 Å². The predicted octanol–water partition coefficient (Wildman–Crippen LogP) is 0.276. The molecule has 0 saturated carbocycles. The van der Waals surface area contributed by atoms with Gasteiger partial charge in [-0.2, -0.15) is 4.31 Å². The zero-order chi connectivity index (χ0) is 19.0. The number of morpholine rings is 1. The first-order valence-electron chi connectivity index (χ1n) is 8.85. The van der Waals surface area contributed by atoms with Gasteiger partial charge in [-0.15, -0.1) is 0 Å². The summed E-state index contributed by atoms with van der Waals surface area (Å²) in [7, 11) is -1.94. The van der Waals surface area contributed by atoms with Gasteiger partial charge in [0.05, 0.1) is 37.4 Å². The Morgan fingerprint density at radius 1 is 1.26 bits per heavy atom. The van der Waals surface area contributed by atoms with Crippen LogP contribution in [0.3, 0.4) is 0 Å². The molecule has 0 bridgehead atoms. The van der Waals surface area contributed by atoms with E-state index in [1.807, 2.05) is 13.2 Å². The van der Waals surface area contributed by atoms with Crippen molar-refractivity contribution < 1.29 is 22.4 Å². The smallest absolute Gasteiger partial charge is 0.276 e. The normalized spacial score (nSPS) is 24.4. The summed E-state index contributed by atoms with van der Waals surface area (Å²) < 4.78 is 39.3. The third kappa shape index (κ3) is 3.40. The standard InChI is InChI=1S/C17H22N4O5S/c1-19-11-15(18-12-19)13-9-21(27(23,24)16-3-2-6-26-16)10-14(13)17(22)20-4-7-25-8-5-20/h2-3,6,11-14H,4-5,7-10H2,1H3/t13-,14-/m1/s1. The van der Waals surface area contributed by atoms with Gasteiger partial charge >= 0.3 is 0 Å². The average molecular weight is 394 g/mol. The second-order valence-corrected chi connectivity index (χ2v) is 8.74. The lowest BCUT2D eigenvalue weighted by Gasteiger charge is -2.30. The molecule has 2 aliphatic heterocycles. The van der Waals surface area contributed by atoms with Gasteiger partial charge in [-0.1, -0.05) is 0 Å². The van der Waals surface area contributed by atoms with Crippen molar-refractivity contribution in [1.82, 2.24) is 18.8 Å². The van der Waals surface area contributed by atoms with Gasteiger partial charge in [0.25, 0.3) is 10.0 Å². The quantitative estimate of drug-likeness (QED) is 0.739. The maximum absolute atomic E-state index is 13.1. The average Bonchev–Trinajstić information content (AvgIpc) is 3.42. The molecular formula is C17H22N4O5S. The fraction of sp³-hybridized carbons (Fsp3) is 0.529. The molecule has 9 nitrogen and oxygen atoms in total. The first kappa shape index (κ1) is 18.2. The van der Waals surface area contributed by atoms with Gasteiger partial charge in [0, 0.05) is 45.3 Å². The van der Waals surface area contributed by atoms with Crippen LogP contribution in [-0.4, -0.2) is 72.5 Å². The Morgan fingerprint density at radius 2 is 2.04 bits per heavy atom. The van der Waals surface area contributed by atoms with Crippen LogP contribution in [0, 0.1) is 5.92 Å². The maximum Gasteiger partial charge on any atom is 0.276 e. The van der Waals surface area contributed by atoms with Gasteiger partial charge in [0.15, 0.2) is 0 Å². The van der Waals surface area contributed by atoms with Crippen molar-refractivity contribution in [3.63, 3.8) is 0 Å². The summed E-state index contributed by atoms with van der Waals surface area (Å²) in [6.45, 7) is 2.36. The molecule has 27 heavy (non-hydrogen) atoms. The summed E-state index contributed by atoms with van der Waals surface area (Å²) in [6, 6.07) is 2.96. The molecule has 2 aliphatic rings. The van der Waals surface area contributed by atoms with E-state index in [2.05, 4.69) is 4.98 Å². The monoisotopic (exact) mass is 394 g/mol. The van der Waals surface area contributed by atoms with E-state index >= 15 is 0 Å². The summed E-state index contributed by atoms with van der Waals surface area (Å²) in [5.41, 5.74) is 0.723. The van der Waals surface area contributed by atoms with Gasteiger partial charge in [0.1, 0.15) is 0 Å². The molecule has 0 aliphatic carbocycles.